The summed E-state index contributed by atoms with van der Waals surface area (Å²) in [6.45, 7) is 2.00. The smallest absolute Gasteiger partial charge is 0.216 e. The summed E-state index contributed by atoms with van der Waals surface area (Å²) in [4.78, 5) is 10.9. The first-order valence-corrected chi connectivity index (χ1v) is 5.99. The Balaban J connectivity index is 2.34. The lowest BCUT2D eigenvalue weighted by Crippen LogP contribution is -2.22. The Labute approximate surface area is 112 Å². The highest BCUT2D eigenvalue weighted by Crippen LogP contribution is 2.27. The lowest BCUT2D eigenvalue weighted by Gasteiger charge is -2.09. The van der Waals surface area contributed by atoms with E-state index in [1.165, 1.54) is 13.0 Å². The Kier molecular flexibility index (Phi) is 3.58. The lowest BCUT2D eigenvalue weighted by atomic mass is 10.0. The molecule has 0 spiro atoms. The number of hydrogen-bond acceptors (Lipinski definition) is 2. The van der Waals surface area contributed by atoms with Crippen molar-refractivity contribution in [3.8, 4) is 5.75 Å². The molecule has 19 heavy (non-hydrogen) atoms. The highest BCUT2D eigenvalue weighted by molar-refractivity contribution is 5.87. The molecule has 2 aromatic carbocycles. The molecular weight excluding hydrogens is 245 g/mol. The van der Waals surface area contributed by atoms with E-state index in [1.54, 1.807) is 6.07 Å². The SMILES string of the molecule is [2H]COc1cc2c(CCNC(C)=O)cccc2cc1F. The number of nitrogens with one attached hydrogen (secondary N) is 1. The zero-order valence-electron chi connectivity index (χ0n) is 11.7. The van der Waals surface area contributed by atoms with Crippen LogP contribution < -0.4 is 10.1 Å². The van der Waals surface area contributed by atoms with Gasteiger partial charge in [0.05, 0.1) is 8.46 Å². The van der Waals surface area contributed by atoms with E-state index < -0.39 is 5.82 Å². The third kappa shape index (κ3) is 3.02. The molecule has 1 N–H and O–H groups in total. The summed E-state index contributed by atoms with van der Waals surface area (Å²) < 4.78 is 25.7. The highest BCUT2D eigenvalue weighted by Gasteiger charge is 2.08. The van der Waals surface area contributed by atoms with Crippen molar-refractivity contribution in [3.63, 3.8) is 0 Å². The van der Waals surface area contributed by atoms with Crippen molar-refractivity contribution in [3.05, 3.63) is 41.7 Å². The number of methoxy groups -OCH3 is 1. The minimum Gasteiger partial charge on any atom is -0.494 e. The fourth-order valence-corrected chi connectivity index (χ4v) is 2.04. The zero-order valence-corrected chi connectivity index (χ0v) is 10.7. The number of rotatable bonds is 4. The van der Waals surface area contributed by atoms with E-state index in [4.69, 9.17) is 6.11 Å². The molecule has 4 heteroatoms. The maximum atomic E-state index is 13.7. The minimum absolute atomic E-state index is 0.0745. The van der Waals surface area contributed by atoms with Gasteiger partial charge in [-0.3, -0.25) is 4.79 Å². The van der Waals surface area contributed by atoms with Gasteiger partial charge in [-0.1, -0.05) is 18.2 Å². The van der Waals surface area contributed by atoms with Crippen LogP contribution in [-0.2, 0) is 11.2 Å². The van der Waals surface area contributed by atoms with Crippen molar-refractivity contribution < 1.29 is 15.3 Å². The van der Waals surface area contributed by atoms with Crippen LogP contribution in [0.25, 0.3) is 10.8 Å². The maximum Gasteiger partial charge on any atom is 0.216 e. The number of amides is 1. The summed E-state index contributed by atoms with van der Waals surface area (Å²) >= 11 is 0. The van der Waals surface area contributed by atoms with E-state index in [1.807, 2.05) is 18.2 Å². The van der Waals surface area contributed by atoms with Crippen LogP contribution in [0.15, 0.2) is 30.3 Å². The van der Waals surface area contributed by atoms with Crippen LogP contribution in [0.3, 0.4) is 0 Å². The van der Waals surface area contributed by atoms with Crippen LogP contribution in [0.1, 0.15) is 13.9 Å². The summed E-state index contributed by atoms with van der Waals surface area (Å²) in [6.07, 6.45) is 0.656. The Bertz CT molecular complexity index is 631. The van der Waals surface area contributed by atoms with Gasteiger partial charge in [0.15, 0.2) is 11.6 Å². The van der Waals surface area contributed by atoms with E-state index >= 15 is 0 Å². The third-order valence-corrected chi connectivity index (χ3v) is 2.95. The molecule has 0 unspecified atom stereocenters. The second kappa shape index (κ2) is 5.69. The summed E-state index contributed by atoms with van der Waals surface area (Å²) in [6, 6.07) is 8.64. The monoisotopic (exact) mass is 262 g/mol. The van der Waals surface area contributed by atoms with Gasteiger partial charge < -0.3 is 10.1 Å². The summed E-state index contributed by atoms with van der Waals surface area (Å²) in [5.74, 6) is -0.460. The van der Waals surface area contributed by atoms with Crippen molar-refractivity contribution >= 4 is 16.7 Å². The van der Waals surface area contributed by atoms with E-state index in [0.717, 1.165) is 16.3 Å². The molecule has 2 rings (SSSR count). The molecule has 0 fully saturated rings. The van der Waals surface area contributed by atoms with Gasteiger partial charge in [-0.25, -0.2) is 4.39 Å². The fourth-order valence-electron chi connectivity index (χ4n) is 2.04. The van der Waals surface area contributed by atoms with Gasteiger partial charge in [0, 0.05) is 13.5 Å². The molecule has 0 atom stereocenters. The molecule has 0 radical (unpaired) electrons. The van der Waals surface area contributed by atoms with E-state index in [-0.39, 0.29) is 18.7 Å². The first-order valence-electron chi connectivity index (χ1n) is 6.70. The molecule has 0 heterocycles. The molecule has 2 aromatic rings. The Morgan fingerprint density at radius 2 is 2.32 bits per heavy atom. The average Bonchev–Trinajstić information content (AvgIpc) is 2.40. The van der Waals surface area contributed by atoms with Crippen molar-refractivity contribution in [2.45, 2.75) is 13.3 Å². The van der Waals surface area contributed by atoms with Crippen LogP contribution >= 0.6 is 0 Å². The lowest BCUT2D eigenvalue weighted by molar-refractivity contribution is -0.118. The average molecular weight is 262 g/mol. The number of carbonyl (C=O) groups excluding carboxylic acids is 1. The largest absolute Gasteiger partial charge is 0.494 e. The Morgan fingerprint density at radius 1 is 1.47 bits per heavy atom. The first kappa shape index (κ1) is 12.0. The van der Waals surface area contributed by atoms with Gasteiger partial charge >= 0.3 is 0 Å². The van der Waals surface area contributed by atoms with Crippen LogP contribution in [0.4, 0.5) is 4.39 Å². The van der Waals surface area contributed by atoms with Gasteiger partial charge in [0.2, 0.25) is 5.91 Å². The zero-order chi connectivity index (χ0) is 14.5. The number of benzene rings is 2. The second-order valence-corrected chi connectivity index (χ2v) is 4.30. The van der Waals surface area contributed by atoms with Crippen molar-refractivity contribution in [2.24, 2.45) is 0 Å². The number of ether oxygens (including phenoxy) is 1. The van der Waals surface area contributed by atoms with Gasteiger partial charge in [-0.15, -0.1) is 0 Å². The number of carbonyl (C=O) groups is 1. The summed E-state index contributed by atoms with van der Waals surface area (Å²) in [5, 5.41) is 4.39. The Morgan fingerprint density at radius 3 is 3.05 bits per heavy atom. The molecular formula is C15H16FNO2. The van der Waals surface area contributed by atoms with Gasteiger partial charge in [0.1, 0.15) is 0 Å². The van der Waals surface area contributed by atoms with Crippen molar-refractivity contribution in [2.75, 3.05) is 13.6 Å². The maximum absolute atomic E-state index is 13.7. The predicted octanol–water partition coefficient (Wildman–Crippen LogP) is 2.67. The number of halogens is 1. The van der Waals surface area contributed by atoms with Crippen LogP contribution in [0, 0.1) is 5.82 Å². The molecule has 0 saturated carbocycles. The normalized spacial score (nSPS) is 11.2. The Hall–Kier alpha value is -2.10. The van der Waals surface area contributed by atoms with Gasteiger partial charge in [0.25, 0.3) is 0 Å². The van der Waals surface area contributed by atoms with Crippen molar-refractivity contribution in [1.29, 1.82) is 0 Å². The van der Waals surface area contributed by atoms with Gasteiger partial charge in [-0.05, 0) is 34.9 Å². The van der Waals surface area contributed by atoms with Gasteiger partial charge in [-0.2, -0.15) is 0 Å². The van der Waals surface area contributed by atoms with E-state index in [2.05, 4.69) is 5.32 Å². The molecule has 100 valence electrons. The molecule has 0 aliphatic heterocycles. The van der Waals surface area contributed by atoms with Crippen LogP contribution in [-0.4, -0.2) is 19.5 Å². The summed E-state index contributed by atoms with van der Waals surface area (Å²) in [7, 11) is -0.323. The molecule has 3 nitrogen and oxygen atoms in total. The molecule has 0 aromatic heterocycles. The molecule has 0 saturated heterocycles. The fraction of sp³-hybridized carbons (Fsp3) is 0.267. The molecule has 0 aliphatic carbocycles. The standard InChI is InChI=1S/C15H16FNO2/c1-10(18)17-7-6-11-4-3-5-12-8-14(16)15(19-2)9-13(11)12/h3-5,8-9H,6-7H2,1-2H3,(H,17,18)/i2D. The first-order chi connectivity index (χ1) is 9.61. The van der Waals surface area contributed by atoms with E-state index in [9.17, 15) is 9.18 Å². The molecule has 0 bridgehead atoms. The van der Waals surface area contributed by atoms with Crippen LogP contribution in [0.5, 0.6) is 5.75 Å². The predicted molar refractivity (Wildman–Crippen MR) is 72.8 cm³/mol. The molecule has 1 amide bonds. The molecule has 0 aliphatic rings. The minimum atomic E-state index is -0.469. The topological polar surface area (TPSA) is 38.3 Å². The number of hydrogen-bond donors (Lipinski definition) is 1. The number of fused-ring (bicyclic) bond motifs is 1. The third-order valence-electron chi connectivity index (χ3n) is 2.95. The summed E-state index contributed by atoms with van der Waals surface area (Å²) in [5.41, 5.74) is 1.01. The van der Waals surface area contributed by atoms with Crippen LogP contribution in [0.2, 0.25) is 0 Å². The second-order valence-electron chi connectivity index (χ2n) is 4.30. The highest BCUT2D eigenvalue weighted by atomic mass is 19.1. The van der Waals surface area contributed by atoms with E-state index in [0.29, 0.717) is 13.0 Å². The van der Waals surface area contributed by atoms with Crippen molar-refractivity contribution in [1.82, 2.24) is 5.32 Å². The quantitative estimate of drug-likeness (QED) is 0.920.